The van der Waals surface area contributed by atoms with Crippen molar-refractivity contribution in [3.8, 4) is 0 Å². The molecule has 3 aliphatic carbocycles. The topological polar surface area (TPSA) is 20.2 Å². The molecule has 0 saturated heterocycles. The van der Waals surface area contributed by atoms with E-state index in [-0.39, 0.29) is 6.10 Å². The van der Waals surface area contributed by atoms with E-state index in [1.165, 1.54) is 38.5 Å². The van der Waals surface area contributed by atoms with Gasteiger partial charge in [0.15, 0.2) is 0 Å². The fraction of sp³-hybridized carbons (Fsp3) is 1.00. The van der Waals surface area contributed by atoms with Gasteiger partial charge in [-0.05, 0) is 66.6 Å². The van der Waals surface area contributed by atoms with Crippen LogP contribution in [0.15, 0.2) is 0 Å². The monoisotopic (exact) mass is 264 g/mol. The molecule has 6 atom stereocenters. The van der Waals surface area contributed by atoms with Crippen LogP contribution < -0.4 is 0 Å². The third-order valence-electron chi connectivity index (χ3n) is 7.91. The largest absolute Gasteiger partial charge is 0.393 e. The number of hydrogen-bond donors (Lipinski definition) is 1. The molecule has 3 fully saturated rings. The van der Waals surface area contributed by atoms with Crippen molar-refractivity contribution >= 4 is 0 Å². The highest BCUT2D eigenvalue weighted by Gasteiger charge is 2.63. The summed E-state index contributed by atoms with van der Waals surface area (Å²) in [6.07, 6.45) is 9.12. The number of aliphatic hydroxyl groups is 1. The van der Waals surface area contributed by atoms with E-state index >= 15 is 0 Å². The van der Waals surface area contributed by atoms with Gasteiger partial charge in [-0.2, -0.15) is 0 Å². The summed E-state index contributed by atoms with van der Waals surface area (Å²) in [5, 5.41) is 10.6. The molecule has 3 aliphatic rings. The van der Waals surface area contributed by atoms with Gasteiger partial charge >= 0.3 is 0 Å². The van der Waals surface area contributed by atoms with E-state index in [9.17, 15) is 5.11 Å². The Morgan fingerprint density at radius 2 is 1.84 bits per heavy atom. The fourth-order valence-electron chi connectivity index (χ4n) is 6.21. The second-order valence-corrected chi connectivity index (χ2v) is 8.46. The van der Waals surface area contributed by atoms with Crippen LogP contribution in [-0.2, 0) is 0 Å². The Hall–Kier alpha value is -0.0400. The van der Waals surface area contributed by atoms with Crippen LogP contribution in [0.3, 0.4) is 0 Å². The zero-order valence-corrected chi connectivity index (χ0v) is 13.3. The first-order valence-corrected chi connectivity index (χ1v) is 8.60. The molecular formula is C18H32O. The molecule has 0 amide bonds. The summed E-state index contributed by atoms with van der Waals surface area (Å²) in [6.45, 7) is 9.87. The summed E-state index contributed by atoms with van der Waals surface area (Å²) in [5.74, 6) is 3.06. The maximum absolute atomic E-state index is 10.6. The molecule has 110 valence electrons. The Bertz CT molecular complexity index is 348. The predicted molar refractivity (Wildman–Crippen MR) is 79.8 cm³/mol. The molecule has 0 radical (unpaired) electrons. The minimum Gasteiger partial charge on any atom is -0.393 e. The molecule has 1 nitrogen and oxygen atoms in total. The van der Waals surface area contributed by atoms with E-state index in [1.54, 1.807) is 0 Å². The maximum atomic E-state index is 10.6. The van der Waals surface area contributed by atoms with Crippen LogP contribution in [-0.4, -0.2) is 11.2 Å². The molecule has 0 heterocycles. The van der Waals surface area contributed by atoms with Gasteiger partial charge < -0.3 is 5.11 Å². The summed E-state index contributed by atoms with van der Waals surface area (Å²) < 4.78 is 0. The fourth-order valence-corrected chi connectivity index (χ4v) is 6.21. The van der Waals surface area contributed by atoms with Crippen LogP contribution in [0.1, 0.15) is 72.6 Å². The van der Waals surface area contributed by atoms with E-state index < -0.39 is 0 Å². The number of hydrogen-bond acceptors (Lipinski definition) is 1. The molecule has 0 aromatic carbocycles. The van der Waals surface area contributed by atoms with Crippen molar-refractivity contribution in [2.24, 2.45) is 34.5 Å². The van der Waals surface area contributed by atoms with Crippen LogP contribution in [0.25, 0.3) is 0 Å². The van der Waals surface area contributed by atoms with E-state index in [1.807, 2.05) is 0 Å². The van der Waals surface area contributed by atoms with Gasteiger partial charge in [0.05, 0.1) is 6.10 Å². The minimum absolute atomic E-state index is 0.0179. The van der Waals surface area contributed by atoms with Crippen molar-refractivity contribution in [3.05, 3.63) is 0 Å². The molecule has 19 heavy (non-hydrogen) atoms. The quantitative estimate of drug-likeness (QED) is 0.770. The lowest BCUT2D eigenvalue weighted by atomic mass is 9.58. The summed E-state index contributed by atoms with van der Waals surface area (Å²) >= 11 is 0. The lowest BCUT2D eigenvalue weighted by Crippen LogP contribution is -2.44. The van der Waals surface area contributed by atoms with Crippen LogP contribution in [0.2, 0.25) is 0 Å². The maximum Gasteiger partial charge on any atom is 0.0573 e. The highest BCUT2D eigenvalue weighted by atomic mass is 16.3. The summed E-state index contributed by atoms with van der Waals surface area (Å²) in [7, 11) is 0. The Morgan fingerprint density at radius 3 is 2.37 bits per heavy atom. The zero-order chi connectivity index (χ0) is 13.8. The van der Waals surface area contributed by atoms with E-state index in [0.29, 0.717) is 16.7 Å². The van der Waals surface area contributed by atoms with Gasteiger partial charge in [-0.3, -0.25) is 0 Å². The normalized spacial score (nSPS) is 52.6. The van der Waals surface area contributed by atoms with Gasteiger partial charge in [0.2, 0.25) is 0 Å². The lowest BCUT2D eigenvalue weighted by molar-refractivity contribution is -0.0515. The average Bonchev–Trinajstić information content (AvgIpc) is 2.71. The first-order chi connectivity index (χ1) is 8.91. The van der Waals surface area contributed by atoms with E-state index in [2.05, 4.69) is 27.7 Å². The van der Waals surface area contributed by atoms with Crippen LogP contribution in [0.4, 0.5) is 0 Å². The standard InChI is InChI=1S/C18H32O/c1-5-12-7-6-8-15(19)16(12)14-11-13-9-10-18(14,4)17(13,2)3/h12-16,19H,5-11H2,1-4H3/t12?,13-,14+,15?,16?,18+/m1/s1. The molecule has 0 aliphatic heterocycles. The number of fused-ring (bicyclic) bond motifs is 2. The number of aliphatic hydroxyl groups excluding tert-OH is 1. The summed E-state index contributed by atoms with van der Waals surface area (Å²) in [5.41, 5.74) is 0.973. The van der Waals surface area contributed by atoms with Crippen molar-refractivity contribution in [1.82, 2.24) is 0 Å². The second kappa shape index (κ2) is 4.48. The zero-order valence-electron chi connectivity index (χ0n) is 13.3. The van der Waals surface area contributed by atoms with Crippen LogP contribution in [0, 0.1) is 34.5 Å². The van der Waals surface area contributed by atoms with E-state index in [0.717, 1.165) is 24.2 Å². The molecule has 0 aromatic heterocycles. The minimum atomic E-state index is -0.0179. The molecule has 3 saturated carbocycles. The Kier molecular flexibility index (Phi) is 3.28. The van der Waals surface area contributed by atoms with E-state index in [4.69, 9.17) is 0 Å². The van der Waals surface area contributed by atoms with Crippen molar-refractivity contribution in [2.75, 3.05) is 0 Å². The molecule has 2 bridgehead atoms. The first-order valence-electron chi connectivity index (χ1n) is 8.60. The molecule has 3 rings (SSSR count). The van der Waals surface area contributed by atoms with Crippen LogP contribution >= 0.6 is 0 Å². The molecule has 0 spiro atoms. The Labute approximate surface area is 119 Å². The van der Waals surface area contributed by atoms with Crippen molar-refractivity contribution in [2.45, 2.75) is 78.7 Å². The second-order valence-electron chi connectivity index (χ2n) is 8.46. The SMILES string of the molecule is CCC1CCCC(O)C1[C@@H]1C[C@H]2CC[C@]1(C)C2(C)C. The third kappa shape index (κ3) is 1.76. The first kappa shape index (κ1) is 13.9. The molecule has 1 N–H and O–H groups in total. The van der Waals surface area contributed by atoms with Gasteiger partial charge in [-0.1, -0.05) is 40.5 Å². The van der Waals surface area contributed by atoms with Gasteiger partial charge in [0.1, 0.15) is 0 Å². The smallest absolute Gasteiger partial charge is 0.0573 e. The van der Waals surface area contributed by atoms with Crippen molar-refractivity contribution < 1.29 is 5.11 Å². The lowest BCUT2D eigenvalue weighted by Gasteiger charge is -2.48. The Morgan fingerprint density at radius 1 is 1.11 bits per heavy atom. The molecule has 0 aromatic rings. The van der Waals surface area contributed by atoms with Gasteiger partial charge in [-0.25, -0.2) is 0 Å². The third-order valence-corrected chi connectivity index (χ3v) is 7.91. The van der Waals surface area contributed by atoms with Gasteiger partial charge in [0.25, 0.3) is 0 Å². The summed E-state index contributed by atoms with van der Waals surface area (Å²) in [6, 6.07) is 0. The highest BCUT2D eigenvalue weighted by Crippen LogP contribution is 2.70. The molecule has 1 heteroatoms. The molecule has 3 unspecified atom stereocenters. The van der Waals surface area contributed by atoms with Crippen molar-refractivity contribution in [3.63, 3.8) is 0 Å². The van der Waals surface area contributed by atoms with Gasteiger partial charge in [0, 0.05) is 0 Å². The van der Waals surface area contributed by atoms with Gasteiger partial charge in [-0.15, -0.1) is 0 Å². The highest BCUT2D eigenvalue weighted by molar-refractivity contribution is 5.12. The number of rotatable bonds is 2. The van der Waals surface area contributed by atoms with Crippen LogP contribution in [0.5, 0.6) is 0 Å². The molecular weight excluding hydrogens is 232 g/mol. The summed E-state index contributed by atoms with van der Waals surface area (Å²) in [4.78, 5) is 0. The average molecular weight is 264 g/mol. The predicted octanol–water partition coefficient (Wildman–Crippen LogP) is 4.64. The van der Waals surface area contributed by atoms with Crippen molar-refractivity contribution in [1.29, 1.82) is 0 Å². The Balaban J connectivity index is 1.90.